The maximum absolute atomic E-state index is 5.67. The standard InChI is InChI=1S/C13H26N2O/c1-11-6-4-3-5-8-15(11)13-10-16-9-7-12(13)14-2/h11-14H,3-10H2,1-2H3. The van der Waals surface area contributed by atoms with Gasteiger partial charge in [-0.1, -0.05) is 12.8 Å². The molecule has 3 unspecified atom stereocenters. The van der Waals surface area contributed by atoms with Crippen LogP contribution >= 0.6 is 0 Å². The Labute approximate surface area is 99.5 Å². The lowest BCUT2D eigenvalue weighted by Gasteiger charge is -2.42. The summed E-state index contributed by atoms with van der Waals surface area (Å²) < 4.78 is 5.67. The Balaban J connectivity index is 2.01. The van der Waals surface area contributed by atoms with Crippen LogP contribution in [-0.4, -0.2) is 49.8 Å². The van der Waals surface area contributed by atoms with E-state index < -0.39 is 0 Å². The van der Waals surface area contributed by atoms with Crippen LogP contribution < -0.4 is 5.32 Å². The number of hydrogen-bond donors (Lipinski definition) is 1. The molecule has 94 valence electrons. The zero-order chi connectivity index (χ0) is 11.4. The summed E-state index contributed by atoms with van der Waals surface area (Å²) in [7, 11) is 2.09. The third-order valence-corrected chi connectivity index (χ3v) is 4.23. The summed E-state index contributed by atoms with van der Waals surface area (Å²) in [5.41, 5.74) is 0. The lowest BCUT2D eigenvalue weighted by molar-refractivity contribution is -0.0144. The number of hydrogen-bond acceptors (Lipinski definition) is 3. The van der Waals surface area contributed by atoms with Gasteiger partial charge in [-0.15, -0.1) is 0 Å². The molecule has 0 aromatic rings. The van der Waals surface area contributed by atoms with E-state index in [0.717, 1.165) is 25.7 Å². The van der Waals surface area contributed by atoms with Gasteiger partial charge in [-0.05, 0) is 39.8 Å². The third-order valence-electron chi connectivity index (χ3n) is 4.23. The molecule has 2 aliphatic heterocycles. The summed E-state index contributed by atoms with van der Waals surface area (Å²) in [4.78, 5) is 2.69. The van der Waals surface area contributed by atoms with E-state index in [1.165, 1.54) is 32.2 Å². The highest BCUT2D eigenvalue weighted by Crippen LogP contribution is 2.23. The molecule has 0 spiro atoms. The van der Waals surface area contributed by atoms with E-state index in [-0.39, 0.29) is 0 Å². The first-order valence-corrected chi connectivity index (χ1v) is 6.83. The zero-order valence-corrected chi connectivity index (χ0v) is 10.7. The summed E-state index contributed by atoms with van der Waals surface area (Å²) in [6, 6.07) is 1.94. The van der Waals surface area contributed by atoms with Crippen LogP contribution in [0.2, 0.25) is 0 Å². The van der Waals surface area contributed by atoms with Crippen LogP contribution in [0, 0.1) is 0 Å². The van der Waals surface area contributed by atoms with E-state index >= 15 is 0 Å². The van der Waals surface area contributed by atoms with Crippen molar-refractivity contribution in [2.75, 3.05) is 26.8 Å². The van der Waals surface area contributed by atoms with Crippen LogP contribution in [0.4, 0.5) is 0 Å². The minimum Gasteiger partial charge on any atom is -0.380 e. The van der Waals surface area contributed by atoms with Gasteiger partial charge in [-0.3, -0.25) is 4.90 Å². The summed E-state index contributed by atoms with van der Waals surface area (Å²) in [5.74, 6) is 0. The minimum atomic E-state index is 0.590. The van der Waals surface area contributed by atoms with E-state index in [2.05, 4.69) is 24.2 Å². The number of nitrogens with zero attached hydrogens (tertiary/aromatic N) is 1. The van der Waals surface area contributed by atoms with Crippen molar-refractivity contribution in [3.63, 3.8) is 0 Å². The summed E-state index contributed by atoms with van der Waals surface area (Å²) in [6.45, 7) is 5.47. The fraction of sp³-hybridized carbons (Fsp3) is 1.00. The Kier molecular flexibility index (Phi) is 4.62. The van der Waals surface area contributed by atoms with E-state index in [1.54, 1.807) is 0 Å². The molecular formula is C13H26N2O. The molecular weight excluding hydrogens is 200 g/mol. The number of rotatable bonds is 2. The molecule has 3 heteroatoms. The zero-order valence-electron chi connectivity index (χ0n) is 10.7. The van der Waals surface area contributed by atoms with Gasteiger partial charge >= 0.3 is 0 Å². The first-order valence-electron chi connectivity index (χ1n) is 6.83. The normalized spacial score (nSPS) is 38.2. The summed E-state index contributed by atoms with van der Waals surface area (Å²) in [6.07, 6.45) is 6.67. The largest absolute Gasteiger partial charge is 0.380 e. The highest BCUT2D eigenvalue weighted by atomic mass is 16.5. The fourth-order valence-electron chi connectivity index (χ4n) is 3.18. The molecule has 1 N–H and O–H groups in total. The molecule has 0 aromatic carbocycles. The predicted molar refractivity (Wildman–Crippen MR) is 66.7 cm³/mol. The van der Waals surface area contributed by atoms with Crippen LogP contribution in [0.25, 0.3) is 0 Å². The van der Waals surface area contributed by atoms with Crippen LogP contribution in [0.15, 0.2) is 0 Å². The number of likely N-dealkylation sites (N-methyl/N-ethyl adjacent to an activating group) is 1. The molecule has 0 radical (unpaired) electrons. The molecule has 0 aliphatic carbocycles. The molecule has 0 aromatic heterocycles. The minimum absolute atomic E-state index is 0.590. The number of nitrogens with one attached hydrogen (secondary N) is 1. The van der Waals surface area contributed by atoms with Crippen molar-refractivity contribution >= 4 is 0 Å². The van der Waals surface area contributed by atoms with Gasteiger partial charge in [-0.25, -0.2) is 0 Å². The number of ether oxygens (including phenoxy) is 1. The summed E-state index contributed by atoms with van der Waals surface area (Å²) >= 11 is 0. The lowest BCUT2D eigenvalue weighted by Crippen LogP contribution is -2.56. The maximum Gasteiger partial charge on any atom is 0.0637 e. The first kappa shape index (κ1) is 12.3. The molecule has 2 heterocycles. The van der Waals surface area contributed by atoms with E-state index in [1.807, 2.05) is 0 Å². The van der Waals surface area contributed by atoms with Crippen molar-refractivity contribution in [2.24, 2.45) is 0 Å². The van der Waals surface area contributed by atoms with Crippen LogP contribution in [-0.2, 0) is 4.74 Å². The van der Waals surface area contributed by atoms with Gasteiger partial charge in [0.2, 0.25) is 0 Å². The maximum atomic E-state index is 5.67. The molecule has 0 saturated carbocycles. The third kappa shape index (κ3) is 2.76. The van der Waals surface area contributed by atoms with Crippen LogP contribution in [0.1, 0.15) is 39.0 Å². The molecule has 2 rings (SSSR count). The second-order valence-corrected chi connectivity index (χ2v) is 5.26. The van der Waals surface area contributed by atoms with Crippen molar-refractivity contribution in [1.29, 1.82) is 0 Å². The highest BCUT2D eigenvalue weighted by molar-refractivity contribution is 4.89. The van der Waals surface area contributed by atoms with Gasteiger partial charge in [0.1, 0.15) is 0 Å². The van der Waals surface area contributed by atoms with E-state index in [4.69, 9.17) is 4.74 Å². The highest BCUT2D eigenvalue weighted by Gasteiger charge is 2.32. The van der Waals surface area contributed by atoms with Gasteiger partial charge in [0.05, 0.1) is 6.61 Å². The van der Waals surface area contributed by atoms with Gasteiger partial charge < -0.3 is 10.1 Å². The van der Waals surface area contributed by atoms with Crippen LogP contribution in [0.5, 0.6) is 0 Å². The average molecular weight is 226 g/mol. The quantitative estimate of drug-likeness (QED) is 0.774. The average Bonchev–Trinajstić information content (AvgIpc) is 2.54. The monoisotopic (exact) mass is 226 g/mol. The topological polar surface area (TPSA) is 24.5 Å². The predicted octanol–water partition coefficient (Wildman–Crippen LogP) is 1.63. The molecule has 0 bridgehead atoms. The smallest absolute Gasteiger partial charge is 0.0637 e. The van der Waals surface area contributed by atoms with Gasteiger partial charge in [0.15, 0.2) is 0 Å². The second-order valence-electron chi connectivity index (χ2n) is 5.26. The molecule has 2 saturated heterocycles. The van der Waals surface area contributed by atoms with Crippen molar-refractivity contribution < 1.29 is 4.74 Å². The van der Waals surface area contributed by atoms with Crippen molar-refractivity contribution in [2.45, 2.75) is 57.2 Å². The first-order chi connectivity index (χ1) is 7.83. The Morgan fingerprint density at radius 1 is 1.19 bits per heavy atom. The van der Waals surface area contributed by atoms with Crippen molar-refractivity contribution in [1.82, 2.24) is 10.2 Å². The lowest BCUT2D eigenvalue weighted by atomic mass is 10.00. The molecule has 0 amide bonds. The Hall–Kier alpha value is -0.120. The van der Waals surface area contributed by atoms with Gasteiger partial charge in [0, 0.05) is 24.7 Å². The van der Waals surface area contributed by atoms with E-state index in [0.29, 0.717) is 12.1 Å². The Morgan fingerprint density at radius 2 is 2.06 bits per heavy atom. The molecule has 3 nitrogen and oxygen atoms in total. The molecule has 2 fully saturated rings. The van der Waals surface area contributed by atoms with Gasteiger partial charge in [-0.2, -0.15) is 0 Å². The Morgan fingerprint density at radius 3 is 2.88 bits per heavy atom. The van der Waals surface area contributed by atoms with Crippen LogP contribution in [0.3, 0.4) is 0 Å². The van der Waals surface area contributed by atoms with Crippen molar-refractivity contribution in [3.05, 3.63) is 0 Å². The molecule has 16 heavy (non-hydrogen) atoms. The SMILES string of the molecule is CNC1CCOCC1N1CCCCCC1C. The molecule has 3 atom stereocenters. The molecule has 2 aliphatic rings. The van der Waals surface area contributed by atoms with E-state index in [9.17, 15) is 0 Å². The second kappa shape index (κ2) is 5.99. The Bertz CT molecular complexity index is 210. The van der Waals surface area contributed by atoms with Gasteiger partial charge in [0.25, 0.3) is 0 Å². The van der Waals surface area contributed by atoms with Crippen molar-refractivity contribution in [3.8, 4) is 0 Å². The fourth-order valence-corrected chi connectivity index (χ4v) is 3.18. The number of likely N-dealkylation sites (tertiary alicyclic amines) is 1. The summed E-state index contributed by atoms with van der Waals surface area (Å²) in [5, 5.41) is 3.47.